The predicted molar refractivity (Wildman–Crippen MR) is 104 cm³/mol. The molecule has 7 nitrogen and oxygen atoms in total. The van der Waals surface area contributed by atoms with E-state index in [0.29, 0.717) is 46.8 Å². The van der Waals surface area contributed by atoms with E-state index < -0.39 is 0 Å². The zero-order chi connectivity index (χ0) is 19.8. The molecule has 1 aliphatic rings. The zero-order valence-corrected chi connectivity index (χ0v) is 15.6. The van der Waals surface area contributed by atoms with Gasteiger partial charge in [0.15, 0.2) is 5.82 Å². The number of halogens is 1. The third-order valence-corrected chi connectivity index (χ3v) is 4.93. The second-order valence-electron chi connectivity index (χ2n) is 7.22. The molecule has 5 rings (SSSR count). The van der Waals surface area contributed by atoms with Crippen LogP contribution in [-0.4, -0.2) is 24.9 Å². The zero-order valence-electron chi connectivity index (χ0n) is 15.6. The van der Waals surface area contributed by atoms with E-state index in [1.807, 2.05) is 6.07 Å². The van der Waals surface area contributed by atoms with E-state index in [2.05, 4.69) is 20.2 Å². The molecule has 1 aromatic carbocycles. The van der Waals surface area contributed by atoms with Crippen LogP contribution in [0.3, 0.4) is 0 Å². The summed E-state index contributed by atoms with van der Waals surface area (Å²) in [6, 6.07) is 13.9. The minimum absolute atomic E-state index is 0.251. The fraction of sp³-hybridized carbons (Fsp3) is 0.238. The number of nitrogens with zero attached hydrogens (tertiary/aromatic N) is 5. The number of anilines is 1. The Kier molecular flexibility index (Phi) is 4.31. The molecule has 4 aromatic rings. The van der Waals surface area contributed by atoms with Crippen LogP contribution in [0.15, 0.2) is 53.1 Å². The van der Waals surface area contributed by atoms with Crippen LogP contribution in [0, 0.1) is 5.82 Å². The largest absolute Gasteiger partial charge is 0.384 e. The highest BCUT2D eigenvalue weighted by Crippen LogP contribution is 2.39. The third kappa shape index (κ3) is 3.73. The molecule has 1 fully saturated rings. The molecule has 29 heavy (non-hydrogen) atoms. The number of rotatable bonds is 6. The maximum absolute atomic E-state index is 14.2. The van der Waals surface area contributed by atoms with Crippen LogP contribution in [0.1, 0.15) is 41.6 Å². The molecule has 1 aliphatic carbocycles. The Balaban J connectivity index is 1.50. The number of nitrogen functional groups attached to an aromatic ring is 1. The predicted octanol–water partition coefficient (Wildman–Crippen LogP) is 3.57. The number of hydrogen-bond acceptors (Lipinski definition) is 6. The van der Waals surface area contributed by atoms with Gasteiger partial charge < -0.3 is 10.3 Å². The molecule has 3 heterocycles. The van der Waals surface area contributed by atoms with Crippen molar-refractivity contribution < 1.29 is 8.91 Å². The van der Waals surface area contributed by atoms with Crippen molar-refractivity contribution in [3.05, 3.63) is 77.2 Å². The van der Waals surface area contributed by atoms with E-state index in [4.69, 9.17) is 10.3 Å². The first-order chi connectivity index (χ1) is 14.2. The van der Waals surface area contributed by atoms with Crippen molar-refractivity contribution in [2.24, 2.45) is 0 Å². The second-order valence-corrected chi connectivity index (χ2v) is 7.22. The average Bonchev–Trinajstić information content (AvgIpc) is 3.34. The molecule has 0 aliphatic heterocycles. The summed E-state index contributed by atoms with van der Waals surface area (Å²) < 4.78 is 21.4. The molecule has 0 amide bonds. The molecule has 0 spiro atoms. The van der Waals surface area contributed by atoms with Gasteiger partial charge >= 0.3 is 0 Å². The van der Waals surface area contributed by atoms with Gasteiger partial charge in [0.2, 0.25) is 0 Å². The van der Waals surface area contributed by atoms with Gasteiger partial charge in [-0.25, -0.2) is 19.0 Å². The van der Waals surface area contributed by atoms with Crippen LogP contribution in [-0.2, 0) is 13.0 Å². The van der Waals surface area contributed by atoms with Gasteiger partial charge in [-0.1, -0.05) is 29.4 Å². The molecular weight excluding hydrogens is 371 g/mol. The van der Waals surface area contributed by atoms with Crippen LogP contribution in [0.4, 0.5) is 10.2 Å². The van der Waals surface area contributed by atoms with Crippen molar-refractivity contribution in [2.45, 2.75) is 31.7 Å². The lowest BCUT2D eigenvalue weighted by Crippen LogP contribution is -2.08. The van der Waals surface area contributed by atoms with Crippen molar-refractivity contribution in [1.29, 1.82) is 0 Å². The van der Waals surface area contributed by atoms with Crippen molar-refractivity contribution in [1.82, 2.24) is 24.9 Å². The highest BCUT2D eigenvalue weighted by atomic mass is 19.1. The number of pyridine rings is 1. The molecule has 146 valence electrons. The Bertz CT molecular complexity index is 1160. The molecule has 1 saturated carbocycles. The van der Waals surface area contributed by atoms with Crippen LogP contribution in [0.25, 0.3) is 11.5 Å². The smallest absolute Gasteiger partial charge is 0.200 e. The quantitative estimate of drug-likeness (QED) is 0.541. The third-order valence-electron chi connectivity index (χ3n) is 4.93. The van der Waals surface area contributed by atoms with Crippen LogP contribution in [0.5, 0.6) is 0 Å². The summed E-state index contributed by atoms with van der Waals surface area (Å²) in [4.78, 5) is 8.93. The van der Waals surface area contributed by atoms with E-state index >= 15 is 0 Å². The first-order valence-corrected chi connectivity index (χ1v) is 9.51. The van der Waals surface area contributed by atoms with Gasteiger partial charge in [-0.2, -0.15) is 0 Å². The number of benzene rings is 1. The summed E-state index contributed by atoms with van der Waals surface area (Å²) in [5.74, 6) is 2.40. The Morgan fingerprint density at radius 1 is 1.10 bits per heavy atom. The highest BCUT2D eigenvalue weighted by Gasteiger charge is 2.27. The molecule has 8 heteroatoms. The number of hydrogen-bond donors (Lipinski definition) is 1. The van der Waals surface area contributed by atoms with E-state index in [1.54, 1.807) is 41.1 Å². The summed E-state index contributed by atoms with van der Waals surface area (Å²) in [6.45, 7) is 0.251. The van der Waals surface area contributed by atoms with Crippen LogP contribution in [0.2, 0.25) is 0 Å². The fourth-order valence-corrected chi connectivity index (χ4v) is 3.24. The Morgan fingerprint density at radius 2 is 1.97 bits per heavy atom. The van der Waals surface area contributed by atoms with Gasteiger partial charge in [0.1, 0.15) is 28.9 Å². The molecule has 0 atom stereocenters. The van der Waals surface area contributed by atoms with Crippen molar-refractivity contribution >= 4 is 5.82 Å². The standard InChI is InChI=1S/C21H19FN6O/c22-16-5-2-1-4-14(16)12-28-20(11-15-10-18(27-29-15)13-8-9-13)25-21(26-28)17-6-3-7-19(23)24-17/h1-7,10,13H,8-9,11-12H2,(H2,23,24). The molecular formula is C21H19FN6O. The Morgan fingerprint density at radius 3 is 2.76 bits per heavy atom. The van der Waals surface area contributed by atoms with Gasteiger partial charge in [-0.15, -0.1) is 5.10 Å². The van der Waals surface area contributed by atoms with E-state index in [0.717, 1.165) is 18.5 Å². The lowest BCUT2D eigenvalue weighted by atomic mass is 10.2. The molecule has 2 N–H and O–H groups in total. The van der Waals surface area contributed by atoms with Gasteiger partial charge in [-0.05, 0) is 31.0 Å². The SMILES string of the molecule is Nc1cccc(-c2nc(Cc3cc(C4CC4)no3)n(Cc3ccccc3F)n2)n1. The van der Waals surface area contributed by atoms with Gasteiger partial charge in [0, 0.05) is 17.5 Å². The van der Waals surface area contributed by atoms with Crippen molar-refractivity contribution in [3.8, 4) is 11.5 Å². The summed E-state index contributed by atoms with van der Waals surface area (Å²) in [7, 11) is 0. The van der Waals surface area contributed by atoms with Crippen LogP contribution < -0.4 is 5.73 Å². The highest BCUT2D eigenvalue weighted by molar-refractivity contribution is 5.52. The Labute approximate surface area is 166 Å². The lowest BCUT2D eigenvalue weighted by molar-refractivity contribution is 0.380. The first-order valence-electron chi connectivity index (χ1n) is 9.51. The van der Waals surface area contributed by atoms with Gasteiger partial charge in [0.25, 0.3) is 0 Å². The first kappa shape index (κ1) is 17.5. The fourth-order valence-electron chi connectivity index (χ4n) is 3.24. The van der Waals surface area contributed by atoms with Gasteiger partial charge in [0.05, 0.1) is 18.7 Å². The van der Waals surface area contributed by atoms with Crippen molar-refractivity contribution in [2.75, 3.05) is 5.73 Å². The van der Waals surface area contributed by atoms with E-state index in [1.165, 1.54) is 6.07 Å². The maximum Gasteiger partial charge on any atom is 0.200 e. The van der Waals surface area contributed by atoms with Crippen molar-refractivity contribution in [3.63, 3.8) is 0 Å². The van der Waals surface area contributed by atoms with E-state index in [-0.39, 0.29) is 12.4 Å². The molecule has 0 unspecified atom stereocenters. The Hall–Kier alpha value is -3.55. The monoisotopic (exact) mass is 390 g/mol. The summed E-state index contributed by atoms with van der Waals surface area (Å²) >= 11 is 0. The molecule has 0 radical (unpaired) electrons. The minimum atomic E-state index is -0.284. The topological polar surface area (TPSA) is 95.7 Å². The normalized spacial score (nSPS) is 13.7. The molecule has 0 bridgehead atoms. The summed E-state index contributed by atoms with van der Waals surface area (Å²) in [5, 5.41) is 8.72. The van der Waals surface area contributed by atoms with E-state index in [9.17, 15) is 4.39 Å². The molecule has 0 saturated heterocycles. The summed E-state index contributed by atoms with van der Waals surface area (Å²) in [6.07, 6.45) is 2.71. The second kappa shape index (κ2) is 7.12. The average molecular weight is 390 g/mol. The van der Waals surface area contributed by atoms with Crippen LogP contribution >= 0.6 is 0 Å². The number of nitrogens with two attached hydrogens (primary N) is 1. The van der Waals surface area contributed by atoms with Gasteiger partial charge in [-0.3, -0.25) is 0 Å². The maximum atomic E-state index is 14.2. The summed E-state index contributed by atoms with van der Waals surface area (Å²) in [5.41, 5.74) is 7.88. The minimum Gasteiger partial charge on any atom is -0.384 e. The lowest BCUT2D eigenvalue weighted by Gasteiger charge is -2.06. The molecule has 3 aromatic heterocycles. The number of aromatic nitrogens is 5.